The minimum Gasteiger partial charge on any atom is -0.417 e. The van der Waals surface area contributed by atoms with Gasteiger partial charge >= 0.3 is 5.97 Å². The Kier molecular flexibility index (Phi) is 2.44. The summed E-state index contributed by atoms with van der Waals surface area (Å²) in [5.74, 6) is 0.526. The first-order valence-electron chi connectivity index (χ1n) is 3.06. The topological polar surface area (TPSA) is 43.4 Å². The molecule has 58 valence electrons. The Hall–Kier alpha value is -1.08. The van der Waals surface area contributed by atoms with Gasteiger partial charge in [-0.15, -0.1) is 0 Å². The summed E-state index contributed by atoms with van der Waals surface area (Å²) in [6, 6.07) is 3.47. The third kappa shape index (κ3) is 2.20. The number of hydrogen-bond donors (Lipinski definition) is 0. The summed E-state index contributed by atoms with van der Waals surface area (Å²) in [5, 5.41) is 0. The van der Waals surface area contributed by atoms with Crippen LogP contribution in [-0.2, 0) is 9.59 Å². The molecule has 0 spiro atoms. The zero-order valence-electron chi connectivity index (χ0n) is 5.96. The Labute approximate surface area is 65.4 Å². The largest absolute Gasteiger partial charge is 0.417 e. The van der Waals surface area contributed by atoms with Crippen molar-refractivity contribution < 1.29 is 14.3 Å². The van der Waals surface area contributed by atoms with Crippen molar-refractivity contribution in [2.75, 3.05) is 0 Å². The van der Waals surface area contributed by atoms with Gasteiger partial charge in [-0.25, -0.2) is 4.79 Å². The van der Waals surface area contributed by atoms with E-state index in [1.54, 1.807) is 12.1 Å². The molecule has 1 atom stereocenters. The second kappa shape index (κ2) is 3.35. The van der Waals surface area contributed by atoms with Crippen LogP contribution in [0.1, 0.15) is 6.92 Å². The highest BCUT2D eigenvalue weighted by molar-refractivity contribution is 7.32. The van der Waals surface area contributed by atoms with Crippen molar-refractivity contribution in [2.45, 2.75) is 6.92 Å². The third-order valence-electron chi connectivity index (χ3n) is 1.06. The van der Waals surface area contributed by atoms with Gasteiger partial charge in [0, 0.05) is 6.92 Å². The van der Waals surface area contributed by atoms with E-state index in [9.17, 15) is 9.59 Å². The Bertz CT molecular complexity index is 263. The number of carbonyl (C=O) groups excluding carboxylic acids is 2. The van der Waals surface area contributed by atoms with Crippen molar-refractivity contribution in [2.24, 2.45) is 0 Å². The van der Waals surface area contributed by atoms with Crippen LogP contribution in [0.4, 0.5) is 0 Å². The molecule has 1 rings (SSSR count). The Morgan fingerprint density at radius 2 is 2.27 bits per heavy atom. The minimum atomic E-state index is -0.785. The van der Waals surface area contributed by atoms with Crippen molar-refractivity contribution in [1.82, 2.24) is 0 Å². The van der Waals surface area contributed by atoms with Crippen LogP contribution in [-0.4, -0.2) is 11.8 Å². The Morgan fingerprint density at radius 3 is 2.73 bits per heavy atom. The van der Waals surface area contributed by atoms with Gasteiger partial charge in [0.25, 0.3) is 0 Å². The molecule has 0 aliphatic rings. The van der Waals surface area contributed by atoms with Gasteiger partial charge in [-0.05, 0) is 11.9 Å². The van der Waals surface area contributed by atoms with E-state index in [0.29, 0.717) is 13.7 Å². The summed E-state index contributed by atoms with van der Waals surface area (Å²) < 4.78 is 4.70. The van der Waals surface area contributed by atoms with Crippen LogP contribution in [0.5, 0.6) is 5.48 Å². The summed E-state index contributed by atoms with van der Waals surface area (Å²) in [7, 11) is 0.371. The maximum Gasteiger partial charge on any atom is 0.379 e. The van der Waals surface area contributed by atoms with Gasteiger partial charge in [0.05, 0.1) is 0 Å². The molecule has 1 aromatic heterocycles. The van der Waals surface area contributed by atoms with Gasteiger partial charge in [0.15, 0.2) is 0 Å². The average molecular weight is 170 g/mol. The van der Waals surface area contributed by atoms with E-state index in [1.807, 2.05) is 5.80 Å². The molecule has 3 nitrogen and oxygen atoms in total. The molecule has 0 aliphatic heterocycles. The number of ketones is 1. The number of carbonyl (C=O) groups is 2. The highest BCUT2D eigenvalue weighted by Gasteiger charge is 2.09. The van der Waals surface area contributed by atoms with Crippen LogP contribution in [0, 0.1) is 0 Å². The predicted molar refractivity (Wildman–Crippen MR) is 42.3 cm³/mol. The molecule has 0 fully saturated rings. The first kappa shape index (κ1) is 8.02. The number of hydrogen-bond acceptors (Lipinski definition) is 3. The number of ether oxygens (including phenoxy) is 1. The fourth-order valence-corrected chi connectivity index (χ4v) is 1.25. The van der Waals surface area contributed by atoms with E-state index in [1.165, 1.54) is 6.92 Å². The number of esters is 1. The summed E-state index contributed by atoms with van der Waals surface area (Å²) in [4.78, 5) is 21.1. The molecular weight excluding hydrogens is 163 g/mol. The minimum absolute atomic E-state index is 0.371. The van der Waals surface area contributed by atoms with Gasteiger partial charge in [0.1, 0.15) is 5.48 Å². The van der Waals surface area contributed by atoms with Crippen molar-refractivity contribution in [1.29, 1.82) is 0 Å². The van der Waals surface area contributed by atoms with Crippen LogP contribution < -0.4 is 4.74 Å². The molecule has 0 amide bonds. The average Bonchev–Trinajstić information content (AvgIpc) is 2.39. The lowest BCUT2D eigenvalue weighted by atomic mass is 10.5. The molecule has 0 aliphatic carbocycles. The van der Waals surface area contributed by atoms with Crippen LogP contribution in [0.15, 0.2) is 17.9 Å². The fraction of sp³-hybridized carbons (Fsp3) is 0.143. The maximum absolute atomic E-state index is 10.7. The molecule has 0 bridgehead atoms. The van der Waals surface area contributed by atoms with Crippen molar-refractivity contribution >= 4 is 19.9 Å². The van der Waals surface area contributed by atoms with Gasteiger partial charge in [-0.3, -0.25) is 4.79 Å². The van der Waals surface area contributed by atoms with Gasteiger partial charge in [-0.2, -0.15) is 0 Å². The standard InChI is InChI=1S/C7H7O3P/c1-5(8)7(9)10-6-3-2-4-11-6/h2-4,11H,1H3. The summed E-state index contributed by atoms with van der Waals surface area (Å²) in [6.45, 7) is 1.19. The maximum atomic E-state index is 10.7. The normalized spacial score (nSPS) is 9.91. The number of Topliss-reactive ketones (excluding diaryl/α,β-unsaturated/α-hetero) is 1. The molecule has 11 heavy (non-hydrogen) atoms. The summed E-state index contributed by atoms with van der Waals surface area (Å²) in [6.07, 6.45) is 0. The lowest BCUT2D eigenvalue weighted by Gasteiger charge is -1.95. The molecule has 0 N–H and O–H groups in total. The zero-order chi connectivity index (χ0) is 8.27. The molecule has 0 aromatic carbocycles. The van der Waals surface area contributed by atoms with Crippen LogP contribution in [0.2, 0.25) is 0 Å². The van der Waals surface area contributed by atoms with E-state index in [-0.39, 0.29) is 0 Å². The second-order valence-electron chi connectivity index (χ2n) is 1.98. The third-order valence-corrected chi connectivity index (χ3v) is 1.97. The molecule has 0 saturated heterocycles. The van der Waals surface area contributed by atoms with Gasteiger partial charge in [0.2, 0.25) is 5.78 Å². The smallest absolute Gasteiger partial charge is 0.379 e. The van der Waals surface area contributed by atoms with E-state index in [0.717, 1.165) is 0 Å². The predicted octanol–water partition coefficient (Wildman–Crippen LogP) is 1.21. The molecular formula is C7H7O3P. The van der Waals surface area contributed by atoms with Crippen LogP contribution in [0.3, 0.4) is 0 Å². The lowest BCUT2D eigenvalue weighted by Crippen LogP contribution is -2.15. The van der Waals surface area contributed by atoms with Crippen molar-refractivity contribution in [3.8, 4) is 5.48 Å². The highest BCUT2D eigenvalue weighted by Crippen LogP contribution is 2.23. The van der Waals surface area contributed by atoms with Gasteiger partial charge < -0.3 is 4.74 Å². The van der Waals surface area contributed by atoms with Crippen molar-refractivity contribution in [3.63, 3.8) is 0 Å². The lowest BCUT2D eigenvalue weighted by molar-refractivity contribution is -0.145. The van der Waals surface area contributed by atoms with E-state index in [2.05, 4.69) is 0 Å². The molecule has 1 aromatic rings. The highest BCUT2D eigenvalue weighted by atomic mass is 31.0. The molecule has 0 radical (unpaired) electrons. The molecule has 0 saturated carbocycles. The fourth-order valence-electron chi connectivity index (χ4n) is 0.549. The number of rotatable bonds is 2. The first-order chi connectivity index (χ1) is 5.20. The quantitative estimate of drug-likeness (QED) is 0.495. The SMILES string of the molecule is CC(=O)C(=O)Oc1ccc[pH]1. The molecule has 4 heteroatoms. The Balaban J connectivity index is 2.57. The molecule has 1 unspecified atom stereocenters. The first-order valence-corrected chi connectivity index (χ1v) is 4.14. The van der Waals surface area contributed by atoms with E-state index < -0.39 is 11.8 Å². The van der Waals surface area contributed by atoms with Gasteiger partial charge in [-0.1, -0.05) is 14.3 Å². The van der Waals surface area contributed by atoms with E-state index >= 15 is 0 Å². The second-order valence-corrected chi connectivity index (χ2v) is 3.09. The summed E-state index contributed by atoms with van der Waals surface area (Å²) >= 11 is 0. The Morgan fingerprint density at radius 1 is 1.55 bits per heavy atom. The summed E-state index contributed by atoms with van der Waals surface area (Å²) in [5.41, 5.74) is 0.560. The van der Waals surface area contributed by atoms with Crippen molar-refractivity contribution in [3.05, 3.63) is 17.9 Å². The zero-order valence-corrected chi connectivity index (χ0v) is 6.96. The monoisotopic (exact) mass is 170 g/mol. The van der Waals surface area contributed by atoms with Crippen LogP contribution in [0.25, 0.3) is 0 Å². The van der Waals surface area contributed by atoms with E-state index in [4.69, 9.17) is 4.74 Å². The molecule has 1 heterocycles. The van der Waals surface area contributed by atoms with Crippen LogP contribution >= 0.6 is 8.19 Å².